The number of carboxylic acids is 1. The Bertz CT molecular complexity index is 280. The Kier molecular flexibility index (Phi) is 5.41. The monoisotopic (exact) mass is 243 g/mol. The molecule has 1 rings (SSSR count). The lowest BCUT2D eigenvalue weighted by molar-refractivity contribution is -0.140. The molecule has 1 fully saturated rings. The van der Waals surface area contributed by atoms with Gasteiger partial charge in [0.25, 0.3) is 0 Å². The average molecular weight is 243 g/mol. The third-order valence-electron chi connectivity index (χ3n) is 3.22. The number of rotatable bonds is 6. The molecule has 0 radical (unpaired) electrons. The van der Waals surface area contributed by atoms with Gasteiger partial charge in [-0.15, -0.1) is 0 Å². The molecule has 1 N–H and O–H groups in total. The molecule has 0 aromatic heterocycles. The van der Waals surface area contributed by atoms with Crippen LogP contribution in [0.3, 0.4) is 0 Å². The van der Waals surface area contributed by atoms with Crippen molar-refractivity contribution in [2.45, 2.75) is 39.2 Å². The van der Waals surface area contributed by atoms with E-state index in [1.54, 1.807) is 4.90 Å². The molecule has 1 aliphatic heterocycles. The van der Waals surface area contributed by atoms with Crippen molar-refractivity contribution in [1.29, 1.82) is 0 Å². The maximum absolute atomic E-state index is 12.2. The molecule has 5 nitrogen and oxygen atoms in total. The van der Waals surface area contributed by atoms with Gasteiger partial charge in [0.15, 0.2) is 0 Å². The van der Waals surface area contributed by atoms with Crippen molar-refractivity contribution < 1.29 is 19.4 Å². The molecule has 2 unspecified atom stereocenters. The van der Waals surface area contributed by atoms with Gasteiger partial charge < -0.3 is 14.7 Å². The molecule has 0 aromatic carbocycles. The van der Waals surface area contributed by atoms with Crippen LogP contribution in [-0.2, 0) is 14.3 Å². The van der Waals surface area contributed by atoms with Crippen LogP contribution in [0.25, 0.3) is 0 Å². The van der Waals surface area contributed by atoms with Gasteiger partial charge in [-0.2, -0.15) is 0 Å². The van der Waals surface area contributed by atoms with E-state index in [0.29, 0.717) is 13.2 Å². The minimum Gasteiger partial charge on any atom is -0.481 e. The van der Waals surface area contributed by atoms with Gasteiger partial charge in [0.05, 0.1) is 18.4 Å². The Hall–Kier alpha value is -1.10. The van der Waals surface area contributed by atoms with Gasteiger partial charge in [-0.3, -0.25) is 9.59 Å². The summed E-state index contributed by atoms with van der Waals surface area (Å²) in [7, 11) is 0. The van der Waals surface area contributed by atoms with Crippen molar-refractivity contribution in [2.75, 3.05) is 19.7 Å². The number of hydrogen-bond acceptors (Lipinski definition) is 3. The highest BCUT2D eigenvalue weighted by atomic mass is 16.5. The first kappa shape index (κ1) is 14.0. The maximum Gasteiger partial charge on any atom is 0.305 e. The summed E-state index contributed by atoms with van der Waals surface area (Å²) in [6.07, 6.45) is 1.58. The van der Waals surface area contributed by atoms with Crippen molar-refractivity contribution >= 4 is 11.9 Å². The largest absolute Gasteiger partial charge is 0.481 e. The number of nitrogens with zero attached hydrogens (tertiary/aromatic N) is 1. The lowest BCUT2D eigenvalue weighted by atomic mass is 9.98. The molecule has 1 aliphatic rings. The van der Waals surface area contributed by atoms with Gasteiger partial charge in [0, 0.05) is 19.7 Å². The van der Waals surface area contributed by atoms with E-state index >= 15 is 0 Å². The topological polar surface area (TPSA) is 66.8 Å². The van der Waals surface area contributed by atoms with Gasteiger partial charge >= 0.3 is 5.97 Å². The fourth-order valence-electron chi connectivity index (χ4n) is 2.22. The summed E-state index contributed by atoms with van der Waals surface area (Å²) in [6, 6.07) is 0. The molecule has 0 aliphatic carbocycles. The van der Waals surface area contributed by atoms with E-state index < -0.39 is 5.97 Å². The predicted molar refractivity (Wildman–Crippen MR) is 62.6 cm³/mol. The first-order chi connectivity index (χ1) is 8.10. The van der Waals surface area contributed by atoms with Crippen LogP contribution >= 0.6 is 0 Å². The van der Waals surface area contributed by atoms with E-state index in [1.807, 2.05) is 13.8 Å². The minimum atomic E-state index is -0.869. The zero-order valence-corrected chi connectivity index (χ0v) is 10.5. The zero-order chi connectivity index (χ0) is 12.8. The van der Waals surface area contributed by atoms with Crippen molar-refractivity contribution in [2.24, 2.45) is 5.92 Å². The Morgan fingerprint density at radius 1 is 1.41 bits per heavy atom. The summed E-state index contributed by atoms with van der Waals surface area (Å²) in [5.41, 5.74) is 0. The molecule has 2 atom stereocenters. The van der Waals surface area contributed by atoms with E-state index in [1.165, 1.54) is 0 Å². The Labute approximate surface area is 102 Å². The first-order valence-electron chi connectivity index (χ1n) is 6.22. The summed E-state index contributed by atoms with van der Waals surface area (Å²) in [6.45, 7) is 5.35. The number of amides is 1. The quantitative estimate of drug-likeness (QED) is 0.759. The standard InChI is InChI=1S/C12H21NO4/c1-3-10-9(6-8-17-10)12(16)13(4-2)7-5-11(14)15/h9-10H,3-8H2,1-2H3,(H,14,15). The Morgan fingerprint density at radius 2 is 2.12 bits per heavy atom. The molecule has 0 bridgehead atoms. The van der Waals surface area contributed by atoms with Crippen molar-refractivity contribution in [1.82, 2.24) is 4.90 Å². The van der Waals surface area contributed by atoms with E-state index in [9.17, 15) is 9.59 Å². The summed E-state index contributed by atoms with van der Waals surface area (Å²) >= 11 is 0. The highest BCUT2D eigenvalue weighted by Gasteiger charge is 2.35. The SMILES string of the molecule is CCC1OCCC1C(=O)N(CC)CCC(=O)O. The summed E-state index contributed by atoms with van der Waals surface area (Å²) < 4.78 is 5.49. The number of carbonyl (C=O) groups excluding carboxylic acids is 1. The summed E-state index contributed by atoms with van der Waals surface area (Å²) in [5.74, 6) is -0.919. The normalized spacial score (nSPS) is 23.6. The van der Waals surface area contributed by atoms with Gasteiger partial charge in [-0.1, -0.05) is 6.92 Å². The van der Waals surface area contributed by atoms with Crippen LogP contribution in [0.4, 0.5) is 0 Å². The van der Waals surface area contributed by atoms with Gasteiger partial charge in [-0.25, -0.2) is 0 Å². The highest BCUT2D eigenvalue weighted by Crippen LogP contribution is 2.25. The number of hydrogen-bond donors (Lipinski definition) is 1. The maximum atomic E-state index is 12.2. The smallest absolute Gasteiger partial charge is 0.305 e. The van der Waals surface area contributed by atoms with E-state index in [-0.39, 0.29) is 30.9 Å². The molecule has 5 heteroatoms. The van der Waals surface area contributed by atoms with E-state index in [2.05, 4.69) is 0 Å². The van der Waals surface area contributed by atoms with Crippen LogP contribution in [0, 0.1) is 5.92 Å². The molecular formula is C12H21NO4. The second kappa shape index (κ2) is 6.59. The van der Waals surface area contributed by atoms with E-state index in [0.717, 1.165) is 12.8 Å². The lowest BCUT2D eigenvalue weighted by Crippen LogP contribution is -2.40. The highest BCUT2D eigenvalue weighted by molar-refractivity contribution is 5.80. The predicted octanol–water partition coefficient (Wildman–Crippen LogP) is 1.12. The van der Waals surface area contributed by atoms with Crippen LogP contribution in [0.15, 0.2) is 0 Å². The van der Waals surface area contributed by atoms with Crippen molar-refractivity contribution in [3.63, 3.8) is 0 Å². The van der Waals surface area contributed by atoms with Gasteiger partial charge in [-0.05, 0) is 19.8 Å². The summed E-state index contributed by atoms with van der Waals surface area (Å²) in [4.78, 5) is 24.4. The molecule has 0 saturated carbocycles. The average Bonchev–Trinajstić information content (AvgIpc) is 2.77. The molecule has 1 heterocycles. The minimum absolute atomic E-state index is 0.00128. The Balaban J connectivity index is 2.55. The van der Waals surface area contributed by atoms with Crippen molar-refractivity contribution in [3.8, 4) is 0 Å². The van der Waals surface area contributed by atoms with Gasteiger partial charge in [0.1, 0.15) is 0 Å². The summed E-state index contributed by atoms with van der Waals surface area (Å²) in [5, 5.41) is 8.64. The fourth-order valence-corrected chi connectivity index (χ4v) is 2.22. The number of aliphatic carboxylic acids is 1. The fraction of sp³-hybridized carbons (Fsp3) is 0.833. The van der Waals surface area contributed by atoms with Crippen LogP contribution in [0.5, 0.6) is 0 Å². The van der Waals surface area contributed by atoms with Crippen molar-refractivity contribution in [3.05, 3.63) is 0 Å². The van der Waals surface area contributed by atoms with E-state index in [4.69, 9.17) is 9.84 Å². The third-order valence-corrected chi connectivity index (χ3v) is 3.22. The number of carbonyl (C=O) groups is 2. The van der Waals surface area contributed by atoms with Crippen LogP contribution < -0.4 is 0 Å². The molecular weight excluding hydrogens is 222 g/mol. The van der Waals surface area contributed by atoms with Crippen LogP contribution in [0.2, 0.25) is 0 Å². The second-order valence-electron chi connectivity index (χ2n) is 4.27. The molecule has 98 valence electrons. The third kappa shape index (κ3) is 3.70. The van der Waals surface area contributed by atoms with Gasteiger partial charge in [0.2, 0.25) is 5.91 Å². The van der Waals surface area contributed by atoms with Crippen LogP contribution in [0.1, 0.15) is 33.1 Å². The first-order valence-corrected chi connectivity index (χ1v) is 6.22. The molecule has 0 aromatic rings. The second-order valence-corrected chi connectivity index (χ2v) is 4.27. The molecule has 17 heavy (non-hydrogen) atoms. The molecule has 1 amide bonds. The lowest BCUT2D eigenvalue weighted by Gasteiger charge is -2.25. The number of carboxylic acid groups (broad SMARTS) is 1. The Morgan fingerprint density at radius 3 is 2.65 bits per heavy atom. The molecule has 0 spiro atoms. The zero-order valence-electron chi connectivity index (χ0n) is 10.5. The number of ether oxygens (including phenoxy) is 1. The van der Waals surface area contributed by atoms with Crippen LogP contribution in [-0.4, -0.2) is 47.7 Å². The molecule has 1 saturated heterocycles.